The van der Waals surface area contributed by atoms with E-state index in [1.165, 1.54) is 20.9 Å². The summed E-state index contributed by atoms with van der Waals surface area (Å²) in [5.41, 5.74) is 2.78. The lowest BCUT2D eigenvalue weighted by molar-refractivity contribution is 0.548. The molecule has 1 N–H and O–H groups in total. The van der Waals surface area contributed by atoms with E-state index in [2.05, 4.69) is 62.5 Å². The van der Waals surface area contributed by atoms with Gasteiger partial charge >= 0.3 is 0 Å². The van der Waals surface area contributed by atoms with Gasteiger partial charge in [0.15, 0.2) is 0 Å². The second-order valence-electron chi connectivity index (χ2n) is 5.17. The third kappa shape index (κ3) is 4.48. The molecule has 19 heavy (non-hydrogen) atoms. The van der Waals surface area contributed by atoms with Gasteiger partial charge in [-0.15, -0.1) is 11.3 Å². The molecule has 2 heteroatoms. The Labute approximate surface area is 120 Å². The van der Waals surface area contributed by atoms with Crippen LogP contribution in [0.5, 0.6) is 0 Å². The van der Waals surface area contributed by atoms with Crippen molar-refractivity contribution in [2.24, 2.45) is 0 Å². The summed E-state index contributed by atoms with van der Waals surface area (Å²) in [6.07, 6.45) is 2.23. The predicted molar refractivity (Wildman–Crippen MR) is 84.9 cm³/mol. The molecule has 0 bridgehead atoms. The maximum atomic E-state index is 3.60. The summed E-state index contributed by atoms with van der Waals surface area (Å²) >= 11 is 1.90. The van der Waals surface area contributed by atoms with Gasteiger partial charge in [0.25, 0.3) is 0 Å². The molecular weight excluding hydrogens is 250 g/mol. The van der Waals surface area contributed by atoms with Gasteiger partial charge in [-0.3, -0.25) is 0 Å². The van der Waals surface area contributed by atoms with Gasteiger partial charge in [-0.25, -0.2) is 0 Å². The van der Waals surface area contributed by atoms with Crippen molar-refractivity contribution < 1.29 is 0 Å². The molecule has 1 unspecified atom stereocenters. The largest absolute Gasteiger partial charge is 0.310 e. The highest BCUT2D eigenvalue weighted by Gasteiger charge is 2.05. The van der Waals surface area contributed by atoms with E-state index in [9.17, 15) is 0 Å². The lowest BCUT2D eigenvalue weighted by Gasteiger charge is -2.13. The van der Waals surface area contributed by atoms with Crippen LogP contribution in [0.2, 0.25) is 0 Å². The van der Waals surface area contributed by atoms with E-state index in [0.717, 1.165) is 19.4 Å². The van der Waals surface area contributed by atoms with Crippen molar-refractivity contribution in [3.8, 4) is 0 Å². The van der Waals surface area contributed by atoms with Crippen LogP contribution in [0.3, 0.4) is 0 Å². The topological polar surface area (TPSA) is 12.0 Å². The summed E-state index contributed by atoms with van der Waals surface area (Å²) in [6.45, 7) is 7.57. The molecule has 1 atom stereocenters. The average Bonchev–Trinajstić information content (AvgIpc) is 2.82. The molecule has 102 valence electrons. The highest BCUT2D eigenvalue weighted by Crippen LogP contribution is 2.16. The van der Waals surface area contributed by atoms with E-state index in [1.807, 2.05) is 11.3 Å². The molecule has 0 aliphatic rings. The van der Waals surface area contributed by atoms with Crippen molar-refractivity contribution in [1.29, 1.82) is 0 Å². The van der Waals surface area contributed by atoms with Gasteiger partial charge in [-0.2, -0.15) is 0 Å². The van der Waals surface area contributed by atoms with E-state index >= 15 is 0 Å². The molecule has 1 aromatic carbocycles. The summed E-state index contributed by atoms with van der Waals surface area (Å²) in [6, 6.07) is 13.9. The average molecular weight is 273 g/mol. The summed E-state index contributed by atoms with van der Waals surface area (Å²) < 4.78 is 0. The number of aryl methyl sites for hydroxylation is 2. The minimum Gasteiger partial charge on any atom is -0.310 e. The Kier molecular flexibility index (Phi) is 5.17. The lowest BCUT2D eigenvalue weighted by Crippen LogP contribution is -2.27. The van der Waals surface area contributed by atoms with Crippen LogP contribution in [-0.4, -0.2) is 6.04 Å². The zero-order chi connectivity index (χ0) is 13.7. The van der Waals surface area contributed by atoms with Crippen LogP contribution in [0.25, 0.3) is 0 Å². The quantitative estimate of drug-likeness (QED) is 0.825. The number of thiophene rings is 1. The van der Waals surface area contributed by atoms with E-state index in [0.29, 0.717) is 6.04 Å². The fourth-order valence-corrected chi connectivity index (χ4v) is 3.17. The second-order valence-corrected chi connectivity index (χ2v) is 6.54. The van der Waals surface area contributed by atoms with E-state index in [4.69, 9.17) is 0 Å². The number of hydrogen-bond donors (Lipinski definition) is 1. The fourth-order valence-electron chi connectivity index (χ4n) is 2.15. The van der Waals surface area contributed by atoms with Gasteiger partial charge < -0.3 is 5.32 Å². The van der Waals surface area contributed by atoms with E-state index in [-0.39, 0.29) is 0 Å². The maximum absolute atomic E-state index is 3.60. The van der Waals surface area contributed by atoms with Crippen LogP contribution in [0, 0.1) is 6.92 Å². The Morgan fingerprint density at radius 3 is 2.32 bits per heavy atom. The number of rotatable bonds is 6. The molecule has 2 aromatic rings. The molecule has 0 radical (unpaired) electrons. The minimum absolute atomic E-state index is 0.518. The Hall–Kier alpha value is -1.12. The minimum atomic E-state index is 0.518. The van der Waals surface area contributed by atoms with E-state index in [1.54, 1.807) is 0 Å². The molecule has 1 heterocycles. The Balaban J connectivity index is 1.80. The standard InChI is InChI=1S/C17H23NS/c1-4-15-6-8-16(9-7-15)12-18-13(2)11-17-10-5-14(3)19-17/h5-10,13,18H,4,11-12H2,1-3H3. The fraction of sp³-hybridized carbons (Fsp3) is 0.412. The van der Waals surface area contributed by atoms with Crippen LogP contribution in [-0.2, 0) is 19.4 Å². The highest BCUT2D eigenvalue weighted by molar-refractivity contribution is 7.11. The van der Waals surface area contributed by atoms with Gasteiger partial charge in [0.05, 0.1) is 0 Å². The zero-order valence-electron chi connectivity index (χ0n) is 12.1. The van der Waals surface area contributed by atoms with Crippen molar-refractivity contribution in [2.75, 3.05) is 0 Å². The molecular formula is C17H23NS. The highest BCUT2D eigenvalue weighted by atomic mass is 32.1. The molecule has 0 saturated carbocycles. The number of hydrogen-bond acceptors (Lipinski definition) is 2. The first kappa shape index (κ1) is 14.3. The molecule has 0 aliphatic heterocycles. The SMILES string of the molecule is CCc1ccc(CNC(C)Cc2ccc(C)s2)cc1. The Morgan fingerprint density at radius 2 is 1.74 bits per heavy atom. The van der Waals surface area contributed by atoms with Gasteiger partial charge in [0.1, 0.15) is 0 Å². The normalized spacial score (nSPS) is 12.6. The first-order valence-corrected chi connectivity index (χ1v) is 7.85. The second kappa shape index (κ2) is 6.88. The molecule has 1 nitrogen and oxygen atoms in total. The van der Waals surface area contributed by atoms with Gasteiger partial charge in [-0.1, -0.05) is 31.2 Å². The number of nitrogens with one attached hydrogen (secondary N) is 1. The van der Waals surface area contributed by atoms with Crippen molar-refractivity contribution >= 4 is 11.3 Å². The van der Waals surface area contributed by atoms with Gasteiger partial charge in [0.2, 0.25) is 0 Å². The molecule has 1 aromatic heterocycles. The Morgan fingerprint density at radius 1 is 1.05 bits per heavy atom. The first-order valence-electron chi connectivity index (χ1n) is 7.04. The zero-order valence-corrected chi connectivity index (χ0v) is 12.9. The molecule has 0 amide bonds. The van der Waals surface area contributed by atoms with Crippen LogP contribution in [0.4, 0.5) is 0 Å². The summed E-state index contributed by atoms with van der Waals surface area (Å²) in [5.74, 6) is 0. The summed E-state index contributed by atoms with van der Waals surface area (Å²) in [7, 11) is 0. The molecule has 0 spiro atoms. The Bertz CT molecular complexity index is 498. The smallest absolute Gasteiger partial charge is 0.0208 e. The number of benzene rings is 1. The van der Waals surface area contributed by atoms with E-state index < -0.39 is 0 Å². The third-order valence-corrected chi connectivity index (χ3v) is 4.41. The van der Waals surface area contributed by atoms with Crippen molar-refractivity contribution in [3.05, 3.63) is 57.3 Å². The van der Waals surface area contributed by atoms with Crippen molar-refractivity contribution in [1.82, 2.24) is 5.32 Å². The molecule has 0 aliphatic carbocycles. The van der Waals surface area contributed by atoms with Crippen LogP contribution < -0.4 is 5.32 Å². The molecule has 0 fully saturated rings. The monoisotopic (exact) mass is 273 g/mol. The van der Waals surface area contributed by atoms with Crippen molar-refractivity contribution in [3.63, 3.8) is 0 Å². The lowest BCUT2D eigenvalue weighted by atomic mass is 10.1. The first-order chi connectivity index (χ1) is 9.17. The van der Waals surface area contributed by atoms with Gasteiger partial charge in [0, 0.05) is 22.3 Å². The summed E-state index contributed by atoms with van der Waals surface area (Å²) in [4.78, 5) is 2.87. The molecule has 0 saturated heterocycles. The third-order valence-electron chi connectivity index (χ3n) is 3.39. The van der Waals surface area contributed by atoms with Crippen LogP contribution >= 0.6 is 11.3 Å². The van der Waals surface area contributed by atoms with Crippen LogP contribution in [0.1, 0.15) is 34.7 Å². The van der Waals surface area contributed by atoms with Crippen molar-refractivity contribution in [2.45, 2.75) is 46.2 Å². The maximum Gasteiger partial charge on any atom is 0.0208 e. The summed E-state index contributed by atoms with van der Waals surface area (Å²) in [5, 5.41) is 3.60. The van der Waals surface area contributed by atoms with Gasteiger partial charge in [-0.05, 0) is 49.9 Å². The van der Waals surface area contributed by atoms with Crippen LogP contribution in [0.15, 0.2) is 36.4 Å². The molecule has 2 rings (SSSR count). The predicted octanol–water partition coefficient (Wildman–Crippen LogP) is 4.34.